The standard InChI is InChI=1S/C12H12ClN3O/c1-7-5-9(13)6-8(2)11(7)17-12-15-4-3-10(14)16-12/h3-6H,1-2H3,(H2,14,15,16). The summed E-state index contributed by atoms with van der Waals surface area (Å²) in [6.07, 6.45) is 1.55. The summed E-state index contributed by atoms with van der Waals surface area (Å²) in [7, 11) is 0. The number of ether oxygens (including phenoxy) is 1. The maximum atomic E-state index is 5.94. The molecular formula is C12H12ClN3O. The summed E-state index contributed by atoms with van der Waals surface area (Å²) in [5, 5.41) is 0.681. The number of aromatic nitrogens is 2. The van der Waals surface area contributed by atoms with Gasteiger partial charge in [-0.25, -0.2) is 4.98 Å². The number of aryl methyl sites for hydroxylation is 2. The van der Waals surface area contributed by atoms with Gasteiger partial charge in [0, 0.05) is 11.2 Å². The summed E-state index contributed by atoms with van der Waals surface area (Å²) in [6, 6.07) is 5.50. The molecule has 0 unspecified atom stereocenters. The zero-order valence-electron chi connectivity index (χ0n) is 9.57. The van der Waals surface area contributed by atoms with Crippen LogP contribution in [0.3, 0.4) is 0 Å². The Morgan fingerprint density at radius 3 is 2.47 bits per heavy atom. The molecule has 0 saturated heterocycles. The van der Waals surface area contributed by atoms with Gasteiger partial charge in [0.15, 0.2) is 0 Å². The van der Waals surface area contributed by atoms with Gasteiger partial charge < -0.3 is 10.5 Å². The lowest BCUT2D eigenvalue weighted by molar-refractivity contribution is 0.436. The second-order valence-corrected chi connectivity index (χ2v) is 4.17. The van der Waals surface area contributed by atoms with Crippen molar-refractivity contribution in [3.05, 3.63) is 40.5 Å². The molecule has 0 amide bonds. The van der Waals surface area contributed by atoms with Crippen molar-refractivity contribution in [2.24, 2.45) is 0 Å². The van der Waals surface area contributed by atoms with Crippen LogP contribution >= 0.6 is 11.6 Å². The predicted molar refractivity (Wildman–Crippen MR) is 67.4 cm³/mol. The van der Waals surface area contributed by atoms with Gasteiger partial charge in [-0.2, -0.15) is 4.98 Å². The van der Waals surface area contributed by atoms with Gasteiger partial charge in [0.2, 0.25) is 0 Å². The van der Waals surface area contributed by atoms with Crippen molar-refractivity contribution in [3.8, 4) is 11.8 Å². The van der Waals surface area contributed by atoms with Crippen LogP contribution in [0.4, 0.5) is 5.82 Å². The lowest BCUT2D eigenvalue weighted by Crippen LogP contribution is -1.98. The fraction of sp³-hybridized carbons (Fsp3) is 0.167. The van der Waals surface area contributed by atoms with Crippen molar-refractivity contribution in [3.63, 3.8) is 0 Å². The molecule has 1 aromatic carbocycles. The van der Waals surface area contributed by atoms with Crippen LogP contribution in [-0.2, 0) is 0 Å². The van der Waals surface area contributed by atoms with Crippen molar-refractivity contribution < 1.29 is 4.74 Å². The number of nitrogens with two attached hydrogens (primary N) is 1. The molecule has 88 valence electrons. The van der Waals surface area contributed by atoms with E-state index in [0.29, 0.717) is 16.6 Å². The average molecular weight is 250 g/mol. The second-order valence-electron chi connectivity index (χ2n) is 3.73. The normalized spacial score (nSPS) is 10.3. The molecule has 0 aliphatic heterocycles. The van der Waals surface area contributed by atoms with Crippen molar-refractivity contribution in [1.82, 2.24) is 9.97 Å². The van der Waals surface area contributed by atoms with Crippen LogP contribution in [0.2, 0.25) is 5.02 Å². The molecule has 0 bridgehead atoms. The second kappa shape index (κ2) is 4.59. The Bertz CT molecular complexity index is 534. The van der Waals surface area contributed by atoms with Gasteiger partial charge in [0.25, 0.3) is 0 Å². The Balaban J connectivity index is 2.36. The Hall–Kier alpha value is -1.81. The van der Waals surface area contributed by atoms with Crippen LogP contribution < -0.4 is 10.5 Å². The molecule has 1 heterocycles. The van der Waals surface area contributed by atoms with Crippen molar-refractivity contribution >= 4 is 17.4 Å². The Morgan fingerprint density at radius 2 is 1.88 bits per heavy atom. The third kappa shape index (κ3) is 2.65. The van der Waals surface area contributed by atoms with Crippen LogP contribution in [-0.4, -0.2) is 9.97 Å². The summed E-state index contributed by atoms with van der Waals surface area (Å²) in [6.45, 7) is 3.83. The van der Waals surface area contributed by atoms with E-state index in [1.807, 2.05) is 26.0 Å². The molecule has 2 aromatic rings. The fourth-order valence-corrected chi connectivity index (χ4v) is 1.88. The molecule has 5 heteroatoms. The summed E-state index contributed by atoms with van der Waals surface area (Å²) in [4.78, 5) is 7.98. The molecule has 17 heavy (non-hydrogen) atoms. The van der Waals surface area contributed by atoms with Crippen LogP contribution in [0.5, 0.6) is 11.8 Å². The molecule has 0 aliphatic rings. The smallest absolute Gasteiger partial charge is 0.323 e. The van der Waals surface area contributed by atoms with Crippen LogP contribution in [0, 0.1) is 13.8 Å². The van der Waals surface area contributed by atoms with Gasteiger partial charge in [-0.1, -0.05) is 11.6 Å². The first kappa shape index (κ1) is 11.7. The number of hydrogen-bond donors (Lipinski definition) is 1. The zero-order chi connectivity index (χ0) is 12.4. The maximum Gasteiger partial charge on any atom is 0.323 e. The first-order valence-corrected chi connectivity index (χ1v) is 5.47. The molecule has 0 spiro atoms. The Labute approximate surface area is 104 Å². The van der Waals surface area contributed by atoms with Gasteiger partial charge in [-0.3, -0.25) is 0 Å². The van der Waals surface area contributed by atoms with E-state index >= 15 is 0 Å². The molecule has 0 atom stereocenters. The summed E-state index contributed by atoms with van der Waals surface area (Å²) < 4.78 is 5.61. The minimum atomic E-state index is 0.235. The monoisotopic (exact) mass is 249 g/mol. The van der Waals surface area contributed by atoms with E-state index in [-0.39, 0.29) is 6.01 Å². The van der Waals surface area contributed by atoms with E-state index in [1.54, 1.807) is 12.3 Å². The molecule has 0 aliphatic carbocycles. The molecule has 0 saturated carbocycles. The highest BCUT2D eigenvalue weighted by molar-refractivity contribution is 6.30. The van der Waals surface area contributed by atoms with Crippen LogP contribution in [0.15, 0.2) is 24.4 Å². The SMILES string of the molecule is Cc1cc(Cl)cc(C)c1Oc1nccc(N)n1. The van der Waals surface area contributed by atoms with E-state index in [1.165, 1.54) is 0 Å². The van der Waals surface area contributed by atoms with Crippen LogP contribution in [0.25, 0.3) is 0 Å². The lowest BCUT2D eigenvalue weighted by Gasteiger charge is -2.10. The Morgan fingerprint density at radius 1 is 1.24 bits per heavy atom. The largest absolute Gasteiger partial charge is 0.424 e. The molecule has 4 nitrogen and oxygen atoms in total. The predicted octanol–water partition coefficient (Wildman–Crippen LogP) is 3.12. The minimum absolute atomic E-state index is 0.235. The van der Waals surface area contributed by atoms with Crippen LogP contribution in [0.1, 0.15) is 11.1 Å². The van der Waals surface area contributed by atoms with E-state index < -0.39 is 0 Å². The highest BCUT2D eigenvalue weighted by Crippen LogP contribution is 2.29. The third-order valence-corrected chi connectivity index (χ3v) is 2.49. The highest BCUT2D eigenvalue weighted by Gasteiger charge is 2.08. The molecular weight excluding hydrogens is 238 g/mol. The zero-order valence-corrected chi connectivity index (χ0v) is 10.3. The van der Waals surface area contributed by atoms with Gasteiger partial charge in [-0.05, 0) is 43.2 Å². The van der Waals surface area contributed by atoms with Crippen molar-refractivity contribution in [1.29, 1.82) is 0 Å². The molecule has 2 N–H and O–H groups in total. The first-order chi connectivity index (χ1) is 8.06. The van der Waals surface area contributed by atoms with Gasteiger partial charge in [0.1, 0.15) is 11.6 Å². The van der Waals surface area contributed by atoms with Gasteiger partial charge in [0.05, 0.1) is 0 Å². The minimum Gasteiger partial charge on any atom is -0.424 e. The van der Waals surface area contributed by atoms with Gasteiger partial charge >= 0.3 is 6.01 Å². The quantitative estimate of drug-likeness (QED) is 0.888. The van der Waals surface area contributed by atoms with Gasteiger partial charge in [-0.15, -0.1) is 0 Å². The van der Waals surface area contributed by atoms with Crippen molar-refractivity contribution in [2.45, 2.75) is 13.8 Å². The number of halogens is 1. The van der Waals surface area contributed by atoms with E-state index in [0.717, 1.165) is 11.1 Å². The summed E-state index contributed by atoms with van der Waals surface area (Å²) >= 11 is 5.94. The maximum absolute atomic E-state index is 5.94. The number of benzene rings is 1. The lowest BCUT2D eigenvalue weighted by atomic mass is 10.1. The number of nitrogen functional groups attached to an aromatic ring is 1. The summed E-state index contributed by atoms with van der Waals surface area (Å²) in [5.74, 6) is 1.08. The number of rotatable bonds is 2. The molecule has 1 aromatic heterocycles. The third-order valence-electron chi connectivity index (χ3n) is 2.27. The first-order valence-electron chi connectivity index (χ1n) is 5.09. The van der Waals surface area contributed by atoms with Crippen molar-refractivity contribution in [2.75, 3.05) is 5.73 Å². The van der Waals surface area contributed by atoms with E-state index in [4.69, 9.17) is 22.1 Å². The highest BCUT2D eigenvalue weighted by atomic mass is 35.5. The Kier molecular flexibility index (Phi) is 3.15. The topological polar surface area (TPSA) is 61.0 Å². The number of anilines is 1. The number of hydrogen-bond acceptors (Lipinski definition) is 4. The summed E-state index contributed by atoms with van der Waals surface area (Å²) in [5.41, 5.74) is 7.42. The average Bonchev–Trinajstić information content (AvgIpc) is 2.23. The fourth-order valence-electron chi connectivity index (χ4n) is 1.55. The van der Waals surface area contributed by atoms with E-state index in [2.05, 4.69) is 9.97 Å². The van der Waals surface area contributed by atoms with E-state index in [9.17, 15) is 0 Å². The molecule has 0 radical (unpaired) electrons. The number of nitrogens with zero attached hydrogens (tertiary/aromatic N) is 2. The molecule has 0 fully saturated rings. The molecule has 2 rings (SSSR count).